The van der Waals surface area contributed by atoms with Crippen LogP contribution in [0.25, 0.3) is 112 Å². The minimum atomic E-state index is -0.929. The highest BCUT2D eigenvalue weighted by molar-refractivity contribution is 5.94. The molecule has 19 aromatic rings. The second-order valence-electron chi connectivity index (χ2n) is 31.4. The van der Waals surface area contributed by atoms with Gasteiger partial charge in [0.25, 0.3) is 0 Å². The summed E-state index contributed by atoms with van der Waals surface area (Å²) < 4.78 is 65.4. The van der Waals surface area contributed by atoms with E-state index in [-0.39, 0.29) is 18.0 Å². The summed E-state index contributed by atoms with van der Waals surface area (Å²) in [5, 5.41) is 22.1. The van der Waals surface area contributed by atoms with Gasteiger partial charge in [-0.2, -0.15) is 24.9 Å². The topological polar surface area (TPSA) is 280 Å². The Hall–Kier alpha value is -13.8. The zero-order valence-electron chi connectivity index (χ0n) is 68.3. The van der Waals surface area contributed by atoms with Gasteiger partial charge in [-0.15, -0.1) is 0 Å². The van der Waals surface area contributed by atoms with Gasteiger partial charge in [-0.25, -0.2) is 43.1 Å². The first kappa shape index (κ1) is 79.9. The molecule has 6 aromatic carbocycles. The number of imidazole rings is 5. The van der Waals surface area contributed by atoms with Crippen molar-refractivity contribution >= 4 is 141 Å². The van der Waals surface area contributed by atoms with Gasteiger partial charge in [0.1, 0.15) is 34.6 Å². The van der Waals surface area contributed by atoms with Gasteiger partial charge >= 0.3 is 0 Å². The number of nitrogens with two attached hydrogens (primary N) is 1. The number of halogens is 4. The number of fused-ring (bicyclic) bond motifs is 17. The maximum Gasteiger partial charge on any atom is 0.236 e. The maximum atomic E-state index is 14.3. The number of piperazine rings is 3. The molecular formula is C92H93F4N27O. The highest BCUT2D eigenvalue weighted by Gasteiger charge is 2.25. The number of benzene rings is 6. The number of rotatable bonds is 10. The van der Waals surface area contributed by atoms with Crippen molar-refractivity contribution in [1.29, 1.82) is 0 Å². The largest absolute Gasteiger partial charge is 0.398 e. The van der Waals surface area contributed by atoms with Crippen molar-refractivity contribution in [1.82, 2.24) is 102 Å². The maximum absolute atomic E-state index is 14.3. The van der Waals surface area contributed by atoms with Crippen molar-refractivity contribution in [3.05, 3.63) is 243 Å². The molecule has 0 aliphatic carbocycles. The molecule has 6 N–H and O–H groups in total. The monoisotopic (exact) mass is 1670 g/mol. The Morgan fingerprint density at radius 3 is 1.31 bits per heavy atom. The van der Waals surface area contributed by atoms with Crippen LogP contribution < -0.4 is 46.2 Å². The molecule has 0 bridgehead atoms. The van der Waals surface area contributed by atoms with E-state index in [2.05, 4.69) is 140 Å². The number of aliphatic hydroxyl groups excluding tert-OH is 1. The van der Waals surface area contributed by atoms with E-state index in [9.17, 15) is 17.6 Å². The summed E-state index contributed by atoms with van der Waals surface area (Å²) in [6.45, 7) is 14.8. The van der Waals surface area contributed by atoms with Gasteiger partial charge in [0.05, 0.1) is 74.2 Å². The number of hydrogen-bond acceptors (Lipinski definition) is 22. The predicted octanol–water partition coefficient (Wildman–Crippen LogP) is 13.4. The molecule has 0 atom stereocenters. The molecule has 0 radical (unpaired) electrons. The number of nitrogens with one attached hydrogen (secondary N) is 3. The summed E-state index contributed by atoms with van der Waals surface area (Å²) in [4.78, 5) is 65.1. The van der Waals surface area contributed by atoms with Gasteiger partial charge in [-0.1, -0.05) is 60.7 Å². The van der Waals surface area contributed by atoms with Crippen molar-refractivity contribution in [3.8, 4) is 5.82 Å². The molecule has 13 aromatic heterocycles. The summed E-state index contributed by atoms with van der Waals surface area (Å²) in [6, 6.07) is 54.6. The molecule has 32 heteroatoms. The minimum absolute atomic E-state index is 0.0139. The summed E-state index contributed by atoms with van der Waals surface area (Å²) in [5.41, 5.74) is 16.3. The Morgan fingerprint density at radius 1 is 0.379 bits per heavy atom. The number of alkyl halides is 1. The Bertz CT molecular complexity index is 6840. The van der Waals surface area contributed by atoms with Gasteiger partial charge in [0.2, 0.25) is 28.9 Å². The Morgan fingerprint density at radius 2 is 0.823 bits per heavy atom. The van der Waals surface area contributed by atoms with E-state index >= 15 is 0 Å². The fraction of sp³-hybridized carbons (Fsp3) is 0.283. The van der Waals surface area contributed by atoms with Gasteiger partial charge < -0.3 is 51.3 Å². The molecule has 5 saturated heterocycles. The molecule has 5 aliphatic rings. The van der Waals surface area contributed by atoms with Crippen LogP contribution in [0.15, 0.2) is 226 Å². The van der Waals surface area contributed by atoms with E-state index in [1.807, 2.05) is 163 Å². The summed E-state index contributed by atoms with van der Waals surface area (Å²) in [5.74, 6) is 7.30. The van der Waals surface area contributed by atoms with Crippen molar-refractivity contribution in [2.45, 2.75) is 38.5 Å². The standard InChI is InChI=1S/C17H19FN4.C17H20N4O.C16H12N4.C14H13F2N5.C14H14FN5.C14H15N5/c18-9-5-13-6-10-21(11-7-13)16-8-12-22-15-4-2-1-3-14(15)19-17(22)20-16;22-12-8-13-5-9-20(10-6-13)16-7-11-21-15-4-2-1-3-14(15)18-17(21)19-16;17-14-3-1-2-12-9-19-16(8-13(12)14)20-7-5-11-4-6-18-10-15(11)20;15-9-1-2-10-13(12(9)16)19-14-18-11(3-6-21(10)14)20-7-4-17-5-8-20;15-10-9-20-12-4-2-1-3-11(12)17-14(20)18-13(10)19-7-5-16-6-8-19;1-2-4-12-11(3-1)16-14-17-13(5-8-19(12)14)18-9-6-15-7-10-18/h1-4,8,12-13H,5-7,9-11H2;1-4,7,11,13,22H,5-6,8-10,12H2;1-10H,17H2;1-3,6,17H,4-5,7-8H2;1-4,9,16H,5-8H2;1-5,8,15H,6-7,9-10H2. The number of piperidine rings is 2. The van der Waals surface area contributed by atoms with E-state index in [4.69, 9.17) is 20.8 Å². The van der Waals surface area contributed by atoms with E-state index in [0.717, 1.165) is 261 Å². The minimum Gasteiger partial charge on any atom is -0.398 e. The normalized spacial score (nSPS) is 15.5. The molecule has 0 unspecified atom stereocenters. The van der Waals surface area contributed by atoms with E-state index < -0.39 is 11.6 Å². The summed E-state index contributed by atoms with van der Waals surface area (Å²) in [6.07, 6.45) is 22.9. The lowest BCUT2D eigenvalue weighted by atomic mass is 9.94. The van der Waals surface area contributed by atoms with Crippen molar-refractivity contribution < 1.29 is 22.7 Å². The third-order valence-electron chi connectivity index (χ3n) is 23.8. The van der Waals surface area contributed by atoms with Crippen LogP contribution in [-0.4, -0.2) is 209 Å². The third-order valence-corrected chi connectivity index (χ3v) is 23.8. The zero-order chi connectivity index (χ0) is 84.0. The number of anilines is 6. The van der Waals surface area contributed by atoms with Crippen LogP contribution in [0.4, 0.5) is 52.3 Å². The quantitative estimate of drug-likeness (QED) is 0.0628. The molecule has 0 saturated carbocycles. The SMILES string of the molecule is FCCC1CCN(c2ccn3c(n2)nc2ccccc23)CC1.Fc1ccc2c(nc3nc(N4CCNCC4)ccn32)c1F.Fc1cn2c(nc1N1CCNCC1)nc1ccccc12.Nc1cccc2cnc(-n3ccc4ccncc43)cc12.OCCC1CCN(c2ccn3c(n2)nc2ccccc23)CC1.c1ccc2c(c1)nc1nc(N3CCNCC3)ccn12. The molecule has 5 aliphatic heterocycles. The van der Waals surface area contributed by atoms with E-state index in [0.29, 0.717) is 47.8 Å². The lowest BCUT2D eigenvalue weighted by Gasteiger charge is -2.32. The molecule has 124 heavy (non-hydrogen) atoms. The van der Waals surface area contributed by atoms with Crippen LogP contribution in [-0.2, 0) is 0 Å². The Kier molecular flexibility index (Phi) is 23.3. The molecule has 24 rings (SSSR count). The average Bonchev–Trinajstić information content (AvgIpc) is 1.60. The molecule has 18 heterocycles. The predicted molar refractivity (Wildman–Crippen MR) is 481 cm³/mol. The van der Waals surface area contributed by atoms with Gasteiger partial charge in [0.15, 0.2) is 23.3 Å². The lowest BCUT2D eigenvalue weighted by Crippen LogP contribution is -2.44. The van der Waals surface area contributed by atoms with E-state index in [1.165, 1.54) is 12.3 Å². The lowest BCUT2D eigenvalue weighted by molar-refractivity contribution is 0.240. The number of aliphatic hydroxyl groups is 1. The Labute approximate surface area is 709 Å². The summed E-state index contributed by atoms with van der Waals surface area (Å²) >= 11 is 0. The van der Waals surface area contributed by atoms with Crippen LogP contribution >= 0.6 is 0 Å². The fourth-order valence-electron chi connectivity index (χ4n) is 17.1. The molecular weight excluding hydrogens is 1580 g/mol. The second-order valence-corrected chi connectivity index (χ2v) is 31.4. The van der Waals surface area contributed by atoms with Crippen molar-refractivity contribution in [2.24, 2.45) is 11.8 Å². The number of hydrogen-bond donors (Lipinski definition) is 5. The van der Waals surface area contributed by atoms with Gasteiger partial charge in [0, 0.05) is 177 Å². The van der Waals surface area contributed by atoms with Crippen LogP contribution in [0.3, 0.4) is 0 Å². The average molecular weight is 1670 g/mol. The molecule has 630 valence electrons. The number of aromatic nitrogens is 18. The molecule has 5 fully saturated rings. The van der Waals surface area contributed by atoms with Crippen molar-refractivity contribution in [2.75, 3.05) is 148 Å². The molecule has 0 spiro atoms. The van der Waals surface area contributed by atoms with Crippen molar-refractivity contribution in [3.63, 3.8) is 0 Å². The highest BCUT2D eigenvalue weighted by atomic mass is 19.2. The fourth-order valence-corrected chi connectivity index (χ4v) is 17.1. The first-order chi connectivity index (χ1) is 61.0. The van der Waals surface area contributed by atoms with Crippen LogP contribution in [0.1, 0.15) is 38.5 Å². The molecule has 28 nitrogen and oxygen atoms in total. The Balaban J connectivity index is 0.0000000976. The number of para-hydroxylation sites is 8. The van der Waals surface area contributed by atoms with E-state index in [1.54, 1.807) is 21.2 Å². The number of pyridine rings is 2. The summed E-state index contributed by atoms with van der Waals surface area (Å²) in [7, 11) is 0. The third kappa shape index (κ3) is 16.8. The van der Waals surface area contributed by atoms with Gasteiger partial charge in [-0.3, -0.25) is 35.9 Å². The van der Waals surface area contributed by atoms with Crippen LogP contribution in [0, 0.1) is 29.3 Å². The highest BCUT2D eigenvalue weighted by Crippen LogP contribution is 2.32. The van der Waals surface area contributed by atoms with Crippen LogP contribution in [0.5, 0.6) is 0 Å². The first-order valence-corrected chi connectivity index (χ1v) is 42.4. The first-order valence-electron chi connectivity index (χ1n) is 42.4. The van der Waals surface area contributed by atoms with Gasteiger partial charge in [-0.05, 0) is 160 Å². The molecule has 0 amide bonds. The number of nitrogen functional groups attached to an aromatic ring is 1. The van der Waals surface area contributed by atoms with Crippen LogP contribution in [0.2, 0.25) is 0 Å². The number of nitrogens with zero attached hydrogens (tertiary/aromatic N) is 23. The smallest absolute Gasteiger partial charge is 0.236 e. The zero-order valence-corrected chi connectivity index (χ0v) is 68.3. The second kappa shape index (κ2) is 36.1.